The van der Waals surface area contributed by atoms with Crippen molar-refractivity contribution in [1.29, 1.82) is 0 Å². The number of aryl methyl sites for hydroxylation is 3. The van der Waals surface area contributed by atoms with Crippen molar-refractivity contribution in [3.05, 3.63) is 64.1 Å². The van der Waals surface area contributed by atoms with Crippen molar-refractivity contribution in [3.8, 4) is 11.6 Å². The van der Waals surface area contributed by atoms with E-state index in [0.29, 0.717) is 12.4 Å². The number of fused-ring (bicyclic) bond motifs is 1. The Kier molecular flexibility index (Phi) is 6.14. The molecule has 9 heteroatoms. The molecule has 0 bridgehead atoms. The molecule has 0 atom stereocenters. The highest BCUT2D eigenvalue weighted by Crippen LogP contribution is 2.30. The number of halogens is 1. The van der Waals surface area contributed by atoms with E-state index in [2.05, 4.69) is 10.1 Å². The number of esters is 1. The van der Waals surface area contributed by atoms with Crippen LogP contribution in [0.15, 0.2) is 36.4 Å². The van der Waals surface area contributed by atoms with Crippen LogP contribution in [0.4, 0.5) is 5.69 Å². The first kappa shape index (κ1) is 21.8. The van der Waals surface area contributed by atoms with Crippen molar-refractivity contribution in [2.24, 2.45) is 0 Å². The summed E-state index contributed by atoms with van der Waals surface area (Å²) in [5.41, 5.74) is 3.47. The molecule has 4 rings (SSSR count). The lowest BCUT2D eigenvalue weighted by molar-refractivity contribution is -0.121. The maximum absolute atomic E-state index is 12.8. The van der Waals surface area contributed by atoms with Gasteiger partial charge in [0.2, 0.25) is 0 Å². The average Bonchev–Trinajstić information content (AvgIpc) is 3.14. The molecule has 1 aromatic carbocycles. The second-order valence-corrected chi connectivity index (χ2v) is 7.97. The Morgan fingerprint density at radius 2 is 1.97 bits per heavy atom. The maximum Gasteiger partial charge on any atom is 0.359 e. The minimum Gasteiger partial charge on any atom is -0.497 e. The first-order chi connectivity index (χ1) is 15.4. The Hall–Kier alpha value is -3.39. The van der Waals surface area contributed by atoms with E-state index in [-0.39, 0.29) is 16.6 Å². The number of rotatable bonds is 5. The van der Waals surface area contributed by atoms with Crippen LogP contribution in [0, 0.1) is 13.8 Å². The van der Waals surface area contributed by atoms with Crippen molar-refractivity contribution in [3.63, 3.8) is 0 Å². The fourth-order valence-corrected chi connectivity index (χ4v) is 3.97. The predicted octanol–water partition coefficient (Wildman–Crippen LogP) is 3.68. The number of benzene rings is 1. The second-order valence-electron chi connectivity index (χ2n) is 7.56. The number of pyridine rings is 1. The summed E-state index contributed by atoms with van der Waals surface area (Å²) in [5, 5.41) is 4.51. The van der Waals surface area contributed by atoms with E-state index in [1.54, 1.807) is 28.8 Å². The topological polar surface area (TPSA) is 86.5 Å². The van der Waals surface area contributed by atoms with Crippen molar-refractivity contribution in [2.75, 3.05) is 25.2 Å². The summed E-state index contributed by atoms with van der Waals surface area (Å²) < 4.78 is 12.2. The van der Waals surface area contributed by atoms with E-state index in [1.807, 2.05) is 38.1 Å². The average molecular weight is 455 g/mol. The van der Waals surface area contributed by atoms with Crippen LogP contribution in [-0.4, -0.2) is 46.9 Å². The molecule has 0 unspecified atom stereocenters. The number of carbonyl (C=O) groups is 2. The number of hydrogen-bond acceptors (Lipinski definition) is 6. The molecule has 1 aliphatic heterocycles. The van der Waals surface area contributed by atoms with Gasteiger partial charge in [-0.05, 0) is 68.7 Å². The van der Waals surface area contributed by atoms with E-state index in [4.69, 9.17) is 21.1 Å². The number of carbonyl (C=O) groups excluding carboxylic acids is 2. The van der Waals surface area contributed by atoms with Gasteiger partial charge in [0.25, 0.3) is 5.91 Å². The molecular formula is C23H23ClN4O4. The Morgan fingerprint density at radius 1 is 1.16 bits per heavy atom. The van der Waals surface area contributed by atoms with Crippen LogP contribution < -0.4 is 9.64 Å². The number of hydrogen-bond donors (Lipinski definition) is 0. The highest BCUT2D eigenvalue weighted by Gasteiger charge is 2.25. The lowest BCUT2D eigenvalue weighted by atomic mass is 10.0. The number of nitrogens with zero attached hydrogens (tertiary/aromatic N) is 4. The normalized spacial score (nSPS) is 12.9. The number of aromatic nitrogens is 3. The molecule has 32 heavy (non-hydrogen) atoms. The first-order valence-electron chi connectivity index (χ1n) is 10.2. The molecule has 0 spiro atoms. The minimum absolute atomic E-state index is 0.0618. The monoisotopic (exact) mass is 454 g/mol. The quantitative estimate of drug-likeness (QED) is 0.546. The first-order valence-corrected chi connectivity index (χ1v) is 10.6. The van der Waals surface area contributed by atoms with Crippen LogP contribution in [0.1, 0.15) is 33.9 Å². The molecule has 3 heterocycles. The third-order valence-corrected chi connectivity index (χ3v) is 5.59. The van der Waals surface area contributed by atoms with Crippen LogP contribution in [0.5, 0.6) is 5.75 Å². The Bertz CT molecular complexity index is 1190. The summed E-state index contributed by atoms with van der Waals surface area (Å²) in [4.78, 5) is 31.4. The zero-order chi connectivity index (χ0) is 22.8. The zero-order valence-corrected chi connectivity index (χ0v) is 18.8. The molecule has 1 aliphatic rings. The van der Waals surface area contributed by atoms with E-state index >= 15 is 0 Å². The molecule has 0 aliphatic carbocycles. The largest absolute Gasteiger partial charge is 0.497 e. The third-order valence-electron chi connectivity index (χ3n) is 5.28. The highest BCUT2D eigenvalue weighted by molar-refractivity contribution is 6.33. The van der Waals surface area contributed by atoms with Gasteiger partial charge in [-0.3, -0.25) is 4.79 Å². The number of anilines is 1. The summed E-state index contributed by atoms with van der Waals surface area (Å²) in [6.45, 7) is 3.91. The molecule has 0 saturated heterocycles. The summed E-state index contributed by atoms with van der Waals surface area (Å²) in [6.07, 6.45) is 1.67. The van der Waals surface area contributed by atoms with Gasteiger partial charge in [-0.15, -0.1) is 0 Å². The molecule has 0 saturated carbocycles. The molecule has 166 valence electrons. The predicted molar refractivity (Wildman–Crippen MR) is 120 cm³/mol. The fraction of sp³-hybridized carbons (Fsp3) is 0.304. The van der Waals surface area contributed by atoms with E-state index in [1.165, 1.54) is 0 Å². The van der Waals surface area contributed by atoms with Gasteiger partial charge in [0.15, 0.2) is 18.1 Å². The summed E-state index contributed by atoms with van der Waals surface area (Å²) in [5.74, 6) is 0.110. The molecule has 0 fully saturated rings. The summed E-state index contributed by atoms with van der Waals surface area (Å²) in [6, 6.07) is 10.7. The minimum atomic E-state index is -0.765. The maximum atomic E-state index is 12.8. The lowest BCUT2D eigenvalue weighted by Gasteiger charge is -2.29. The van der Waals surface area contributed by atoms with Gasteiger partial charge in [0.05, 0.1) is 17.8 Å². The van der Waals surface area contributed by atoms with Gasteiger partial charge < -0.3 is 14.4 Å². The molecule has 0 N–H and O–H groups in total. The summed E-state index contributed by atoms with van der Waals surface area (Å²) >= 11 is 6.18. The highest BCUT2D eigenvalue weighted by atomic mass is 35.5. The van der Waals surface area contributed by atoms with E-state index in [0.717, 1.165) is 41.2 Å². The van der Waals surface area contributed by atoms with Crippen molar-refractivity contribution >= 4 is 29.2 Å². The zero-order valence-electron chi connectivity index (χ0n) is 18.1. The van der Waals surface area contributed by atoms with Crippen LogP contribution in [0.3, 0.4) is 0 Å². The van der Waals surface area contributed by atoms with Crippen molar-refractivity contribution in [1.82, 2.24) is 14.8 Å². The molecule has 3 aromatic rings. The van der Waals surface area contributed by atoms with Gasteiger partial charge in [-0.2, -0.15) is 5.10 Å². The molecule has 2 aromatic heterocycles. The van der Waals surface area contributed by atoms with Crippen LogP contribution in [0.25, 0.3) is 5.82 Å². The number of amides is 1. The molecular weight excluding hydrogens is 432 g/mol. The van der Waals surface area contributed by atoms with Crippen LogP contribution >= 0.6 is 11.6 Å². The second kappa shape index (κ2) is 9.00. The Morgan fingerprint density at radius 3 is 2.69 bits per heavy atom. The molecule has 8 nitrogen and oxygen atoms in total. The fourth-order valence-electron chi connectivity index (χ4n) is 3.79. The standard InChI is InChI=1S/C23H23ClN4O4/c1-14-11-15(2)28(26-14)20-9-7-18(24)22(25-20)23(30)32-13-21(29)27-10-4-5-16-12-17(31-3)6-8-19(16)27/h6-9,11-12H,4-5,10,13H2,1-3H3. The van der Waals surface area contributed by atoms with E-state index in [9.17, 15) is 9.59 Å². The number of methoxy groups -OCH3 is 1. The van der Waals surface area contributed by atoms with Crippen molar-refractivity contribution < 1.29 is 19.1 Å². The SMILES string of the molecule is COc1ccc2c(c1)CCCN2C(=O)COC(=O)c1nc(-n2nc(C)cc2C)ccc1Cl. The molecule has 1 amide bonds. The third kappa shape index (κ3) is 4.31. The van der Waals surface area contributed by atoms with Gasteiger partial charge in [-0.25, -0.2) is 14.5 Å². The Labute approximate surface area is 190 Å². The van der Waals surface area contributed by atoms with Crippen molar-refractivity contribution in [2.45, 2.75) is 26.7 Å². The van der Waals surface area contributed by atoms with Gasteiger partial charge in [0.1, 0.15) is 5.75 Å². The Balaban J connectivity index is 1.48. The van der Waals surface area contributed by atoms with E-state index < -0.39 is 12.6 Å². The van der Waals surface area contributed by atoms with Crippen LogP contribution in [0.2, 0.25) is 5.02 Å². The molecule has 0 radical (unpaired) electrons. The van der Waals surface area contributed by atoms with Gasteiger partial charge >= 0.3 is 5.97 Å². The van der Waals surface area contributed by atoms with Crippen LogP contribution in [-0.2, 0) is 16.0 Å². The smallest absolute Gasteiger partial charge is 0.359 e. The van der Waals surface area contributed by atoms with Gasteiger partial charge in [0, 0.05) is 17.9 Å². The number of ether oxygens (including phenoxy) is 2. The lowest BCUT2D eigenvalue weighted by Crippen LogP contribution is -2.38. The summed E-state index contributed by atoms with van der Waals surface area (Å²) in [7, 11) is 1.61. The van der Waals surface area contributed by atoms with Gasteiger partial charge in [-0.1, -0.05) is 11.6 Å².